The Balaban J connectivity index is 1.75. The lowest BCUT2D eigenvalue weighted by atomic mass is 10.3. The smallest absolute Gasteiger partial charge is 0.165 e. The van der Waals surface area contributed by atoms with E-state index in [0.717, 1.165) is 9.88 Å². The molecule has 0 aliphatic rings. The van der Waals surface area contributed by atoms with Crippen molar-refractivity contribution in [2.24, 2.45) is 0 Å². The summed E-state index contributed by atoms with van der Waals surface area (Å²) >= 11 is 1.62. The van der Waals surface area contributed by atoms with Gasteiger partial charge in [-0.15, -0.1) is 11.3 Å². The number of rotatable bonds is 7. The molecule has 0 spiro atoms. The number of halogens is 1. The predicted octanol–water partition coefficient (Wildman–Crippen LogP) is 2.68. The Labute approximate surface area is 127 Å². The number of aliphatic hydroxyl groups is 1. The number of nitrogens with one attached hydrogen (secondary N) is 1. The summed E-state index contributed by atoms with van der Waals surface area (Å²) in [4.78, 5) is 5.45. The lowest BCUT2D eigenvalue weighted by molar-refractivity contribution is 0.102. The Morgan fingerprint density at radius 1 is 1.43 bits per heavy atom. The van der Waals surface area contributed by atoms with E-state index in [4.69, 9.17) is 4.74 Å². The molecule has 1 aromatic carbocycles. The highest BCUT2D eigenvalue weighted by Crippen LogP contribution is 2.19. The fourth-order valence-electron chi connectivity index (χ4n) is 1.78. The molecule has 0 saturated heterocycles. The number of hydrogen-bond acceptors (Lipinski definition) is 5. The molecule has 4 nitrogen and oxygen atoms in total. The number of nitrogens with zero attached hydrogens (tertiary/aromatic N) is 1. The van der Waals surface area contributed by atoms with Crippen molar-refractivity contribution >= 4 is 11.3 Å². The van der Waals surface area contributed by atoms with Crippen molar-refractivity contribution < 1.29 is 14.2 Å². The van der Waals surface area contributed by atoms with Crippen molar-refractivity contribution in [2.45, 2.75) is 26.0 Å². The fourth-order valence-corrected chi connectivity index (χ4v) is 2.58. The van der Waals surface area contributed by atoms with Gasteiger partial charge in [-0.05, 0) is 26.0 Å². The summed E-state index contributed by atoms with van der Waals surface area (Å²) in [6, 6.07) is 6.21. The van der Waals surface area contributed by atoms with Gasteiger partial charge in [0.15, 0.2) is 11.6 Å². The van der Waals surface area contributed by atoms with Gasteiger partial charge in [-0.3, -0.25) is 0 Å². The highest BCUT2D eigenvalue weighted by Gasteiger charge is 2.12. The van der Waals surface area contributed by atoms with E-state index >= 15 is 0 Å². The normalized spacial score (nSPS) is 13.9. The van der Waals surface area contributed by atoms with Gasteiger partial charge in [-0.25, -0.2) is 9.37 Å². The van der Waals surface area contributed by atoms with E-state index in [1.807, 2.05) is 20.0 Å². The van der Waals surface area contributed by atoms with Crippen LogP contribution >= 0.6 is 11.3 Å². The molecule has 0 amide bonds. The highest BCUT2D eigenvalue weighted by molar-refractivity contribution is 7.11. The molecule has 1 heterocycles. The van der Waals surface area contributed by atoms with Crippen LogP contribution in [0.15, 0.2) is 30.5 Å². The van der Waals surface area contributed by atoms with Crippen molar-refractivity contribution in [1.82, 2.24) is 10.3 Å². The molecule has 2 aromatic rings. The summed E-state index contributed by atoms with van der Waals surface area (Å²) in [5.74, 6) is -0.274. The molecule has 21 heavy (non-hydrogen) atoms. The van der Waals surface area contributed by atoms with Gasteiger partial charge in [0.1, 0.15) is 17.7 Å². The minimum Gasteiger partial charge on any atom is -0.488 e. The molecule has 2 atom stereocenters. The maximum Gasteiger partial charge on any atom is 0.165 e. The lowest BCUT2D eigenvalue weighted by Crippen LogP contribution is -2.33. The summed E-state index contributed by atoms with van der Waals surface area (Å²) in [7, 11) is 0. The largest absolute Gasteiger partial charge is 0.488 e. The highest BCUT2D eigenvalue weighted by atomic mass is 32.1. The van der Waals surface area contributed by atoms with Crippen molar-refractivity contribution in [1.29, 1.82) is 0 Å². The Morgan fingerprint density at radius 2 is 2.19 bits per heavy atom. The lowest BCUT2D eigenvalue weighted by Gasteiger charge is -2.16. The molecular formula is C15H19FN2O2S. The summed E-state index contributed by atoms with van der Waals surface area (Å²) in [5.41, 5.74) is 0. The van der Waals surface area contributed by atoms with Crippen LogP contribution in [-0.2, 0) is 0 Å². The van der Waals surface area contributed by atoms with Crippen LogP contribution in [0, 0.1) is 12.7 Å². The number of ether oxygens (including phenoxy) is 1. The second kappa shape index (κ2) is 7.49. The van der Waals surface area contributed by atoms with Gasteiger partial charge in [0.2, 0.25) is 0 Å². The third-order valence-corrected chi connectivity index (χ3v) is 4.03. The van der Waals surface area contributed by atoms with E-state index in [2.05, 4.69) is 10.3 Å². The molecule has 0 fully saturated rings. The Kier molecular flexibility index (Phi) is 5.67. The van der Waals surface area contributed by atoms with E-state index in [1.165, 1.54) is 12.1 Å². The molecule has 0 bridgehead atoms. The van der Waals surface area contributed by atoms with E-state index in [9.17, 15) is 9.50 Å². The number of thiazole rings is 1. The molecule has 2 rings (SSSR count). The molecule has 0 radical (unpaired) electrons. The van der Waals surface area contributed by atoms with Crippen molar-refractivity contribution in [3.05, 3.63) is 46.2 Å². The number of aryl methyl sites for hydroxylation is 1. The average molecular weight is 310 g/mol. The standard InChI is InChI=1S/C15H19FN2O2S/c1-10-7-18-15(21-10)11(2)17-8-12(19)9-20-14-6-4-3-5-13(14)16/h3-7,11-12,17,19H,8-9H2,1-2H3. The second-order valence-electron chi connectivity index (χ2n) is 4.83. The molecule has 0 saturated carbocycles. The summed E-state index contributed by atoms with van der Waals surface area (Å²) < 4.78 is 18.6. The third kappa shape index (κ3) is 4.77. The van der Waals surface area contributed by atoms with Gasteiger partial charge >= 0.3 is 0 Å². The zero-order chi connectivity index (χ0) is 15.2. The van der Waals surface area contributed by atoms with Gasteiger partial charge in [-0.2, -0.15) is 0 Å². The molecule has 0 aliphatic heterocycles. The summed E-state index contributed by atoms with van der Waals surface area (Å²) in [6.07, 6.45) is 1.11. The minimum atomic E-state index is -0.715. The van der Waals surface area contributed by atoms with Crippen LogP contribution in [0.5, 0.6) is 5.75 Å². The van der Waals surface area contributed by atoms with Crippen LogP contribution in [-0.4, -0.2) is 29.3 Å². The first-order valence-corrected chi connectivity index (χ1v) is 7.59. The molecule has 6 heteroatoms. The van der Waals surface area contributed by atoms with E-state index in [0.29, 0.717) is 6.54 Å². The first-order chi connectivity index (χ1) is 10.1. The maximum absolute atomic E-state index is 13.3. The SMILES string of the molecule is Cc1cnc(C(C)NCC(O)COc2ccccc2F)s1. The van der Waals surface area contributed by atoms with Crippen LogP contribution in [0.4, 0.5) is 4.39 Å². The first kappa shape index (κ1) is 15.9. The number of hydrogen-bond donors (Lipinski definition) is 2. The van der Waals surface area contributed by atoms with E-state index < -0.39 is 11.9 Å². The Hall–Kier alpha value is -1.50. The van der Waals surface area contributed by atoms with Crippen LogP contribution in [0.1, 0.15) is 22.9 Å². The van der Waals surface area contributed by atoms with Crippen molar-refractivity contribution in [3.8, 4) is 5.75 Å². The van der Waals surface area contributed by atoms with Crippen LogP contribution in [0.2, 0.25) is 0 Å². The molecule has 2 N–H and O–H groups in total. The van der Waals surface area contributed by atoms with Crippen molar-refractivity contribution in [2.75, 3.05) is 13.2 Å². The summed E-state index contributed by atoms with van der Waals surface area (Å²) in [6.45, 7) is 4.39. The topological polar surface area (TPSA) is 54.4 Å². The zero-order valence-electron chi connectivity index (χ0n) is 12.0. The molecule has 0 aliphatic carbocycles. The zero-order valence-corrected chi connectivity index (χ0v) is 12.9. The monoisotopic (exact) mass is 310 g/mol. The number of para-hydroxylation sites is 1. The predicted molar refractivity (Wildman–Crippen MR) is 81.2 cm³/mol. The van der Waals surface area contributed by atoms with Gasteiger partial charge in [0, 0.05) is 17.6 Å². The van der Waals surface area contributed by atoms with E-state index in [1.54, 1.807) is 23.5 Å². The number of aliphatic hydroxyl groups excluding tert-OH is 1. The Morgan fingerprint density at radius 3 is 2.86 bits per heavy atom. The van der Waals surface area contributed by atoms with Gasteiger partial charge in [0.25, 0.3) is 0 Å². The van der Waals surface area contributed by atoms with E-state index in [-0.39, 0.29) is 18.4 Å². The first-order valence-electron chi connectivity index (χ1n) is 6.77. The molecule has 2 unspecified atom stereocenters. The summed E-state index contributed by atoms with van der Waals surface area (Å²) in [5, 5.41) is 14.0. The average Bonchev–Trinajstić information content (AvgIpc) is 2.90. The molecule has 114 valence electrons. The van der Waals surface area contributed by atoms with Crippen LogP contribution in [0.3, 0.4) is 0 Å². The van der Waals surface area contributed by atoms with Gasteiger partial charge < -0.3 is 15.2 Å². The fraction of sp³-hybridized carbons (Fsp3) is 0.400. The van der Waals surface area contributed by atoms with Crippen LogP contribution in [0.25, 0.3) is 0 Å². The molecular weight excluding hydrogens is 291 g/mol. The number of aromatic nitrogens is 1. The van der Waals surface area contributed by atoms with Gasteiger partial charge in [-0.1, -0.05) is 12.1 Å². The quantitative estimate of drug-likeness (QED) is 0.825. The van der Waals surface area contributed by atoms with Crippen LogP contribution < -0.4 is 10.1 Å². The number of benzene rings is 1. The maximum atomic E-state index is 13.3. The molecule has 1 aromatic heterocycles. The second-order valence-corrected chi connectivity index (χ2v) is 6.10. The Bertz CT molecular complexity index is 576. The van der Waals surface area contributed by atoms with Crippen molar-refractivity contribution in [3.63, 3.8) is 0 Å². The van der Waals surface area contributed by atoms with Gasteiger partial charge in [0.05, 0.1) is 6.04 Å². The third-order valence-electron chi connectivity index (χ3n) is 2.94. The minimum absolute atomic E-state index is 0.0392.